The highest BCUT2D eigenvalue weighted by Crippen LogP contribution is 2.34. The molecule has 1 fully saturated rings. The van der Waals surface area contributed by atoms with E-state index in [1.807, 2.05) is 12.1 Å². The first-order valence-electron chi connectivity index (χ1n) is 9.85. The van der Waals surface area contributed by atoms with E-state index in [-0.39, 0.29) is 30.0 Å². The molecule has 1 aliphatic heterocycles. The molecule has 1 aliphatic rings. The molecule has 0 bridgehead atoms. The first-order chi connectivity index (χ1) is 15.9. The zero-order chi connectivity index (χ0) is 23.4. The molecule has 0 N–H and O–H groups in total. The van der Waals surface area contributed by atoms with E-state index in [0.29, 0.717) is 21.2 Å². The number of ether oxygens (including phenoxy) is 1. The molecule has 4 rings (SSSR count). The van der Waals surface area contributed by atoms with Gasteiger partial charge in [-0.15, -0.1) is 0 Å². The Hall–Kier alpha value is -3.62. The number of hydrogen-bond donors (Lipinski definition) is 0. The molecule has 0 aromatic heterocycles. The minimum atomic E-state index is -0.454. The minimum Gasteiger partial charge on any atom is -0.489 e. The lowest BCUT2D eigenvalue weighted by Crippen LogP contribution is -2.27. The Kier molecular flexibility index (Phi) is 6.76. The second-order valence-electron chi connectivity index (χ2n) is 7.18. The van der Waals surface area contributed by atoms with Gasteiger partial charge < -0.3 is 4.74 Å². The first kappa shape index (κ1) is 22.6. The molecule has 0 aliphatic carbocycles. The summed E-state index contributed by atoms with van der Waals surface area (Å²) in [5.74, 6) is 0.211. The number of halogens is 1. The highest BCUT2D eigenvalue weighted by Gasteiger charge is 2.35. The second kappa shape index (κ2) is 9.89. The number of imide groups is 1. The van der Waals surface area contributed by atoms with Crippen molar-refractivity contribution in [2.45, 2.75) is 13.2 Å². The Morgan fingerprint density at radius 1 is 1.00 bits per heavy atom. The second-order valence-corrected chi connectivity index (χ2v) is 8.61. The molecule has 0 spiro atoms. The molecule has 1 saturated heterocycles. The minimum absolute atomic E-state index is 0.0186. The lowest BCUT2D eigenvalue weighted by Gasteiger charge is -2.12. The predicted octanol–water partition coefficient (Wildman–Crippen LogP) is 6.06. The number of nitro groups is 1. The van der Waals surface area contributed by atoms with Crippen molar-refractivity contribution < 1.29 is 19.2 Å². The van der Waals surface area contributed by atoms with E-state index in [1.165, 1.54) is 17.0 Å². The molecular formula is C24H17ClN2O5S. The van der Waals surface area contributed by atoms with Crippen molar-refractivity contribution in [2.24, 2.45) is 0 Å². The van der Waals surface area contributed by atoms with Gasteiger partial charge in [0.25, 0.3) is 16.8 Å². The molecule has 0 atom stereocenters. The molecule has 3 aromatic rings. The monoisotopic (exact) mass is 480 g/mol. The molecule has 0 unspecified atom stereocenters. The number of thioether (sulfide) groups is 1. The first-order valence-corrected chi connectivity index (χ1v) is 11.0. The van der Waals surface area contributed by atoms with Crippen LogP contribution in [0.1, 0.15) is 16.7 Å². The molecule has 0 saturated carbocycles. The van der Waals surface area contributed by atoms with Gasteiger partial charge in [0.15, 0.2) is 0 Å². The molecule has 7 nitrogen and oxygen atoms in total. The average Bonchev–Trinajstić information content (AvgIpc) is 3.05. The number of nitro benzene ring substituents is 1. The fourth-order valence-electron chi connectivity index (χ4n) is 3.18. The van der Waals surface area contributed by atoms with Crippen LogP contribution in [0.25, 0.3) is 6.08 Å². The molecule has 166 valence electrons. The van der Waals surface area contributed by atoms with Crippen LogP contribution in [0.5, 0.6) is 5.75 Å². The van der Waals surface area contributed by atoms with Crippen molar-refractivity contribution in [1.29, 1.82) is 0 Å². The van der Waals surface area contributed by atoms with E-state index < -0.39 is 4.92 Å². The van der Waals surface area contributed by atoms with Gasteiger partial charge in [-0.05, 0) is 70.9 Å². The number of carbonyl (C=O) groups is 2. The van der Waals surface area contributed by atoms with Gasteiger partial charge in [0.05, 0.1) is 16.4 Å². The smallest absolute Gasteiger partial charge is 0.293 e. The lowest BCUT2D eigenvalue weighted by atomic mass is 10.2. The van der Waals surface area contributed by atoms with E-state index in [2.05, 4.69) is 0 Å². The van der Waals surface area contributed by atoms with Crippen LogP contribution in [-0.2, 0) is 17.9 Å². The quantitative estimate of drug-likeness (QED) is 0.232. The summed E-state index contributed by atoms with van der Waals surface area (Å²) < 4.78 is 5.78. The highest BCUT2D eigenvalue weighted by molar-refractivity contribution is 8.18. The number of carbonyl (C=O) groups excluding carboxylic acids is 2. The van der Waals surface area contributed by atoms with Crippen molar-refractivity contribution in [3.05, 3.63) is 110 Å². The maximum atomic E-state index is 12.8. The van der Waals surface area contributed by atoms with Gasteiger partial charge in [0, 0.05) is 17.2 Å². The predicted molar refractivity (Wildman–Crippen MR) is 127 cm³/mol. The number of nitrogens with zero attached hydrogens (tertiary/aromatic N) is 2. The third kappa shape index (κ3) is 5.60. The summed E-state index contributed by atoms with van der Waals surface area (Å²) in [5, 5.41) is 11.0. The molecule has 0 radical (unpaired) electrons. The SMILES string of the molecule is O=C1S/C(=C\c2cccc(OCc3ccc([N+](=O)[O-])cc3)c2)C(=O)N1Cc1cccc(Cl)c1. The summed E-state index contributed by atoms with van der Waals surface area (Å²) in [6, 6.07) is 20.3. The Bertz CT molecular complexity index is 1260. The van der Waals surface area contributed by atoms with Crippen LogP contribution >= 0.6 is 23.4 Å². The Labute approximate surface area is 198 Å². The van der Waals surface area contributed by atoms with Crippen LogP contribution < -0.4 is 4.74 Å². The van der Waals surface area contributed by atoms with Gasteiger partial charge >= 0.3 is 0 Å². The number of rotatable bonds is 7. The maximum Gasteiger partial charge on any atom is 0.293 e. The number of amides is 2. The van der Waals surface area contributed by atoms with Gasteiger partial charge in [0.2, 0.25) is 0 Å². The highest BCUT2D eigenvalue weighted by atomic mass is 35.5. The van der Waals surface area contributed by atoms with Crippen LogP contribution in [0, 0.1) is 10.1 Å². The van der Waals surface area contributed by atoms with Crippen molar-refractivity contribution >= 4 is 46.3 Å². The fraction of sp³-hybridized carbons (Fsp3) is 0.0833. The largest absolute Gasteiger partial charge is 0.489 e. The molecule has 33 heavy (non-hydrogen) atoms. The van der Waals surface area contributed by atoms with Crippen molar-refractivity contribution in [1.82, 2.24) is 4.90 Å². The van der Waals surface area contributed by atoms with E-state index in [1.54, 1.807) is 54.6 Å². The van der Waals surface area contributed by atoms with Gasteiger partial charge in [-0.2, -0.15) is 0 Å². The van der Waals surface area contributed by atoms with Crippen LogP contribution in [0.15, 0.2) is 77.7 Å². The summed E-state index contributed by atoms with van der Waals surface area (Å²) >= 11 is 6.88. The molecule has 1 heterocycles. The summed E-state index contributed by atoms with van der Waals surface area (Å²) in [6.07, 6.45) is 1.65. The fourth-order valence-corrected chi connectivity index (χ4v) is 4.23. The van der Waals surface area contributed by atoms with Gasteiger partial charge in [-0.25, -0.2) is 0 Å². The van der Waals surface area contributed by atoms with E-state index in [0.717, 1.165) is 22.9 Å². The molecule has 3 aromatic carbocycles. The normalized spacial score (nSPS) is 14.7. The number of non-ortho nitro benzene ring substituents is 1. The van der Waals surface area contributed by atoms with Crippen LogP contribution in [0.4, 0.5) is 10.5 Å². The molecule has 9 heteroatoms. The lowest BCUT2D eigenvalue weighted by molar-refractivity contribution is -0.384. The van der Waals surface area contributed by atoms with Gasteiger partial charge in [-0.3, -0.25) is 24.6 Å². The maximum absolute atomic E-state index is 12.8. The Morgan fingerprint density at radius 3 is 2.48 bits per heavy atom. The average molecular weight is 481 g/mol. The Morgan fingerprint density at radius 2 is 1.76 bits per heavy atom. The third-order valence-corrected chi connectivity index (χ3v) is 5.95. The van der Waals surface area contributed by atoms with Gasteiger partial charge in [-0.1, -0.05) is 35.9 Å². The van der Waals surface area contributed by atoms with Crippen LogP contribution in [-0.4, -0.2) is 21.0 Å². The number of benzene rings is 3. The van der Waals surface area contributed by atoms with Gasteiger partial charge in [0.1, 0.15) is 12.4 Å². The standard InChI is InChI=1S/C24H17ClN2O5S/c25-19-5-1-4-18(11-19)14-26-23(28)22(33-24(26)29)13-17-3-2-6-21(12-17)32-15-16-7-9-20(10-8-16)27(30)31/h1-13H,14-15H2/b22-13-. The molecular weight excluding hydrogens is 464 g/mol. The Balaban J connectivity index is 1.43. The molecule has 2 amide bonds. The summed E-state index contributed by atoms with van der Waals surface area (Å²) in [4.78, 5) is 37.0. The van der Waals surface area contributed by atoms with Crippen LogP contribution in [0.2, 0.25) is 5.02 Å². The van der Waals surface area contributed by atoms with Crippen molar-refractivity contribution in [2.75, 3.05) is 0 Å². The number of hydrogen-bond acceptors (Lipinski definition) is 6. The topological polar surface area (TPSA) is 89.7 Å². The van der Waals surface area contributed by atoms with E-state index in [9.17, 15) is 19.7 Å². The van der Waals surface area contributed by atoms with E-state index >= 15 is 0 Å². The zero-order valence-corrected chi connectivity index (χ0v) is 18.7. The van der Waals surface area contributed by atoms with E-state index in [4.69, 9.17) is 16.3 Å². The summed E-state index contributed by atoms with van der Waals surface area (Å²) in [5.41, 5.74) is 2.29. The zero-order valence-electron chi connectivity index (χ0n) is 17.1. The third-order valence-electron chi connectivity index (χ3n) is 4.81. The summed E-state index contributed by atoms with van der Waals surface area (Å²) in [7, 11) is 0. The van der Waals surface area contributed by atoms with Crippen molar-refractivity contribution in [3.8, 4) is 5.75 Å². The van der Waals surface area contributed by atoms with Crippen molar-refractivity contribution in [3.63, 3.8) is 0 Å². The van der Waals surface area contributed by atoms with Crippen LogP contribution in [0.3, 0.4) is 0 Å². The summed E-state index contributed by atoms with van der Waals surface area (Å²) in [6.45, 7) is 0.387.